The van der Waals surface area contributed by atoms with Crippen LogP contribution in [0.3, 0.4) is 0 Å². The van der Waals surface area contributed by atoms with E-state index in [1.807, 2.05) is 11.3 Å². The molecule has 1 N–H and O–H groups in total. The van der Waals surface area contributed by atoms with Crippen molar-refractivity contribution in [3.8, 4) is 0 Å². The summed E-state index contributed by atoms with van der Waals surface area (Å²) in [5, 5.41) is 3.81. The van der Waals surface area contributed by atoms with E-state index in [2.05, 4.69) is 41.3 Å². The highest BCUT2D eigenvalue weighted by Gasteiger charge is 2.06. The lowest BCUT2D eigenvalue weighted by molar-refractivity contribution is 0.786. The summed E-state index contributed by atoms with van der Waals surface area (Å²) in [5.74, 6) is 0.621. The van der Waals surface area contributed by atoms with E-state index in [0.29, 0.717) is 17.0 Å². The number of hydrogen-bond acceptors (Lipinski definition) is 4. The van der Waals surface area contributed by atoms with Crippen molar-refractivity contribution in [3.05, 3.63) is 39.3 Å². The third-order valence-electron chi connectivity index (χ3n) is 2.30. The van der Waals surface area contributed by atoms with Crippen molar-refractivity contribution in [2.75, 3.05) is 5.32 Å². The van der Waals surface area contributed by atoms with E-state index >= 15 is 0 Å². The summed E-state index contributed by atoms with van der Waals surface area (Å²) in [7, 11) is 0. The molecule has 0 aliphatic carbocycles. The molecule has 0 aliphatic heterocycles. The molecule has 2 rings (SSSR count). The largest absolute Gasteiger partial charge is 0.351 e. The Hall–Kier alpha value is -1.13. The van der Waals surface area contributed by atoms with Gasteiger partial charge < -0.3 is 5.32 Å². The molecule has 0 saturated heterocycles. The number of anilines is 1. The predicted molar refractivity (Wildman–Crippen MR) is 72.9 cm³/mol. The fraction of sp³-hybridized carbons (Fsp3) is 0.333. The molecule has 0 aliphatic rings. The predicted octanol–water partition coefficient (Wildman–Crippen LogP) is 3.54. The standard InChI is InChI=1S/C12H14ClN3S/c1-8(5-11-4-3-9(2)17-11)16-12-14-6-10(13)7-15-12/h3-4,6-8H,5H2,1-2H3,(H,14,15,16). The Kier molecular flexibility index (Phi) is 3.97. The monoisotopic (exact) mass is 267 g/mol. The first kappa shape index (κ1) is 12.3. The molecule has 0 saturated carbocycles. The fourth-order valence-electron chi connectivity index (χ4n) is 1.55. The van der Waals surface area contributed by atoms with Gasteiger partial charge in [-0.15, -0.1) is 11.3 Å². The first-order chi connectivity index (χ1) is 8.13. The third kappa shape index (κ3) is 3.68. The maximum absolute atomic E-state index is 5.73. The van der Waals surface area contributed by atoms with Gasteiger partial charge in [0.2, 0.25) is 5.95 Å². The van der Waals surface area contributed by atoms with E-state index in [1.165, 1.54) is 9.75 Å². The highest BCUT2D eigenvalue weighted by atomic mass is 35.5. The molecule has 0 spiro atoms. The average Bonchev–Trinajstić information content (AvgIpc) is 2.67. The fourth-order valence-corrected chi connectivity index (χ4v) is 2.67. The van der Waals surface area contributed by atoms with Crippen molar-refractivity contribution in [3.63, 3.8) is 0 Å². The summed E-state index contributed by atoms with van der Waals surface area (Å²) in [5.41, 5.74) is 0. The van der Waals surface area contributed by atoms with Gasteiger partial charge in [-0.3, -0.25) is 0 Å². The number of nitrogens with one attached hydrogen (secondary N) is 1. The second kappa shape index (κ2) is 5.47. The Morgan fingerprint density at radius 3 is 2.65 bits per heavy atom. The first-order valence-electron chi connectivity index (χ1n) is 5.43. The second-order valence-electron chi connectivity index (χ2n) is 3.99. The van der Waals surface area contributed by atoms with Crippen LogP contribution in [-0.4, -0.2) is 16.0 Å². The summed E-state index contributed by atoms with van der Waals surface area (Å²) in [4.78, 5) is 10.9. The molecule has 5 heteroatoms. The normalized spacial score (nSPS) is 12.4. The van der Waals surface area contributed by atoms with Crippen LogP contribution in [0.5, 0.6) is 0 Å². The molecule has 1 unspecified atom stereocenters. The molecular formula is C12H14ClN3S. The summed E-state index contributed by atoms with van der Waals surface area (Å²) >= 11 is 7.56. The van der Waals surface area contributed by atoms with Crippen molar-refractivity contribution in [2.24, 2.45) is 0 Å². The molecule has 90 valence electrons. The molecule has 2 heterocycles. The molecule has 0 bridgehead atoms. The molecular weight excluding hydrogens is 254 g/mol. The van der Waals surface area contributed by atoms with Crippen molar-refractivity contribution >= 4 is 28.9 Å². The van der Waals surface area contributed by atoms with E-state index < -0.39 is 0 Å². The maximum atomic E-state index is 5.73. The van der Waals surface area contributed by atoms with Gasteiger partial charge in [-0.1, -0.05) is 11.6 Å². The molecule has 0 fully saturated rings. The molecule has 0 aromatic carbocycles. The van der Waals surface area contributed by atoms with Gasteiger partial charge in [-0.25, -0.2) is 9.97 Å². The van der Waals surface area contributed by atoms with Gasteiger partial charge in [0.25, 0.3) is 0 Å². The van der Waals surface area contributed by atoms with Crippen molar-refractivity contribution < 1.29 is 0 Å². The number of aromatic nitrogens is 2. The lowest BCUT2D eigenvalue weighted by Crippen LogP contribution is -2.19. The van der Waals surface area contributed by atoms with Gasteiger partial charge in [0, 0.05) is 22.2 Å². The van der Waals surface area contributed by atoms with Crippen LogP contribution in [0, 0.1) is 6.92 Å². The Balaban J connectivity index is 1.93. The summed E-state index contributed by atoms with van der Waals surface area (Å²) < 4.78 is 0. The van der Waals surface area contributed by atoms with Crippen LogP contribution >= 0.6 is 22.9 Å². The molecule has 1 atom stereocenters. The smallest absolute Gasteiger partial charge is 0.222 e. The van der Waals surface area contributed by atoms with Crippen molar-refractivity contribution in [2.45, 2.75) is 26.3 Å². The number of hydrogen-bond donors (Lipinski definition) is 1. The molecule has 2 aromatic heterocycles. The van der Waals surface area contributed by atoms with Crippen LogP contribution in [0.4, 0.5) is 5.95 Å². The van der Waals surface area contributed by atoms with Crippen molar-refractivity contribution in [1.82, 2.24) is 9.97 Å². The molecule has 17 heavy (non-hydrogen) atoms. The number of nitrogens with zero attached hydrogens (tertiary/aromatic N) is 2. The average molecular weight is 268 g/mol. The highest BCUT2D eigenvalue weighted by Crippen LogP contribution is 2.17. The summed E-state index contributed by atoms with van der Waals surface area (Å²) in [6.45, 7) is 4.24. The van der Waals surface area contributed by atoms with E-state index in [4.69, 9.17) is 11.6 Å². The zero-order valence-corrected chi connectivity index (χ0v) is 11.3. The first-order valence-corrected chi connectivity index (χ1v) is 6.62. The SMILES string of the molecule is Cc1ccc(CC(C)Nc2ncc(Cl)cn2)s1. The van der Waals surface area contributed by atoms with Gasteiger partial charge in [-0.05, 0) is 26.0 Å². The minimum absolute atomic E-state index is 0.300. The van der Waals surface area contributed by atoms with E-state index in [0.717, 1.165) is 6.42 Å². The second-order valence-corrected chi connectivity index (χ2v) is 5.80. The number of rotatable bonds is 4. The van der Waals surface area contributed by atoms with Crippen LogP contribution in [0.15, 0.2) is 24.5 Å². The number of halogens is 1. The summed E-state index contributed by atoms with van der Waals surface area (Å²) in [6.07, 6.45) is 4.17. The Bertz CT molecular complexity index is 481. The third-order valence-corrected chi connectivity index (χ3v) is 3.52. The van der Waals surface area contributed by atoms with Crippen LogP contribution in [0.1, 0.15) is 16.7 Å². The van der Waals surface area contributed by atoms with Crippen LogP contribution in [-0.2, 0) is 6.42 Å². The zero-order valence-electron chi connectivity index (χ0n) is 9.77. The molecule has 0 radical (unpaired) electrons. The van der Waals surface area contributed by atoms with Gasteiger partial charge >= 0.3 is 0 Å². The van der Waals surface area contributed by atoms with Crippen LogP contribution in [0.25, 0.3) is 0 Å². The molecule has 0 amide bonds. The Morgan fingerprint density at radius 2 is 2.06 bits per heavy atom. The van der Waals surface area contributed by atoms with Gasteiger partial charge in [0.05, 0.1) is 17.4 Å². The van der Waals surface area contributed by atoms with Crippen LogP contribution in [0.2, 0.25) is 5.02 Å². The van der Waals surface area contributed by atoms with E-state index in [9.17, 15) is 0 Å². The van der Waals surface area contributed by atoms with Crippen molar-refractivity contribution in [1.29, 1.82) is 0 Å². The van der Waals surface area contributed by atoms with Gasteiger partial charge in [-0.2, -0.15) is 0 Å². The molecule has 3 nitrogen and oxygen atoms in total. The zero-order chi connectivity index (χ0) is 12.3. The Morgan fingerprint density at radius 1 is 1.35 bits per heavy atom. The van der Waals surface area contributed by atoms with Gasteiger partial charge in [0.1, 0.15) is 0 Å². The quantitative estimate of drug-likeness (QED) is 0.921. The topological polar surface area (TPSA) is 37.8 Å². The lowest BCUT2D eigenvalue weighted by atomic mass is 10.2. The van der Waals surface area contributed by atoms with E-state index in [1.54, 1.807) is 12.4 Å². The minimum Gasteiger partial charge on any atom is -0.351 e. The maximum Gasteiger partial charge on any atom is 0.222 e. The molecule has 2 aromatic rings. The van der Waals surface area contributed by atoms with Crippen LogP contribution < -0.4 is 5.32 Å². The van der Waals surface area contributed by atoms with E-state index in [-0.39, 0.29) is 0 Å². The highest BCUT2D eigenvalue weighted by molar-refractivity contribution is 7.11. The minimum atomic E-state index is 0.300. The Labute approximate surface area is 110 Å². The number of thiophene rings is 1. The van der Waals surface area contributed by atoms with Gasteiger partial charge in [0.15, 0.2) is 0 Å². The number of aryl methyl sites for hydroxylation is 1. The lowest BCUT2D eigenvalue weighted by Gasteiger charge is -2.12. The summed E-state index contributed by atoms with van der Waals surface area (Å²) in [6, 6.07) is 4.61.